The highest BCUT2D eigenvalue weighted by atomic mass is 35.5. The number of nitrogens with zero attached hydrogens (tertiary/aromatic N) is 3. The second-order valence-electron chi connectivity index (χ2n) is 4.31. The molecule has 0 aliphatic heterocycles. The first-order chi connectivity index (χ1) is 9.78. The van der Waals surface area contributed by atoms with E-state index in [0.29, 0.717) is 6.54 Å². The third-order valence-corrected chi connectivity index (χ3v) is 4.23. The van der Waals surface area contributed by atoms with Gasteiger partial charge in [-0.05, 0) is 54.6 Å². The molecule has 4 nitrogen and oxygen atoms in total. The zero-order chi connectivity index (χ0) is 13.9. The Balaban J connectivity index is 1.89. The van der Waals surface area contributed by atoms with Crippen molar-refractivity contribution in [2.75, 3.05) is 6.54 Å². The lowest BCUT2D eigenvalue weighted by molar-refractivity contribution is 0.921. The molecule has 0 unspecified atom stereocenters. The molecular weight excluding hydrogens is 292 g/mol. The number of hydrogen-bond acceptors (Lipinski definition) is 4. The summed E-state index contributed by atoms with van der Waals surface area (Å²) in [7, 11) is 0. The summed E-state index contributed by atoms with van der Waals surface area (Å²) in [6.07, 6.45) is 2.74. The molecule has 0 aliphatic rings. The average molecular weight is 305 g/mol. The molecule has 3 aromatic rings. The van der Waals surface area contributed by atoms with Gasteiger partial charge in [0.1, 0.15) is 0 Å². The maximum absolute atomic E-state index is 6.25. The summed E-state index contributed by atoms with van der Waals surface area (Å²) in [5.41, 5.74) is 7.46. The number of nitrogens with two attached hydrogens (primary N) is 1. The van der Waals surface area contributed by atoms with Crippen LogP contribution in [0.1, 0.15) is 5.56 Å². The standard InChI is InChI=1S/C14H13ClN4S/c15-12-9-11(5-4-10(12)6-7-16)20-14-18-17-13-3-1-2-8-19(13)14/h1-5,8-9H,6-7,16H2. The van der Waals surface area contributed by atoms with E-state index in [1.165, 1.54) is 11.8 Å². The van der Waals surface area contributed by atoms with Crippen molar-refractivity contribution in [3.05, 3.63) is 53.2 Å². The second-order valence-corrected chi connectivity index (χ2v) is 5.75. The summed E-state index contributed by atoms with van der Waals surface area (Å²) in [6, 6.07) is 11.8. The van der Waals surface area contributed by atoms with E-state index >= 15 is 0 Å². The number of aromatic nitrogens is 3. The minimum atomic E-state index is 0.598. The van der Waals surface area contributed by atoms with Gasteiger partial charge in [0, 0.05) is 16.1 Å². The van der Waals surface area contributed by atoms with Gasteiger partial charge in [-0.15, -0.1) is 10.2 Å². The smallest absolute Gasteiger partial charge is 0.200 e. The van der Waals surface area contributed by atoms with Crippen molar-refractivity contribution in [1.82, 2.24) is 14.6 Å². The van der Waals surface area contributed by atoms with Gasteiger partial charge in [-0.1, -0.05) is 23.7 Å². The van der Waals surface area contributed by atoms with Gasteiger partial charge in [-0.2, -0.15) is 0 Å². The zero-order valence-corrected chi connectivity index (χ0v) is 12.2. The van der Waals surface area contributed by atoms with Crippen molar-refractivity contribution in [3.63, 3.8) is 0 Å². The van der Waals surface area contributed by atoms with Gasteiger partial charge < -0.3 is 5.73 Å². The molecule has 2 heterocycles. The summed E-state index contributed by atoms with van der Waals surface area (Å²) < 4.78 is 1.95. The number of rotatable bonds is 4. The van der Waals surface area contributed by atoms with Gasteiger partial charge >= 0.3 is 0 Å². The number of benzene rings is 1. The fourth-order valence-corrected chi connectivity index (χ4v) is 3.14. The molecule has 0 bridgehead atoms. The van der Waals surface area contributed by atoms with E-state index in [1.54, 1.807) is 0 Å². The van der Waals surface area contributed by atoms with Gasteiger partial charge in [-0.25, -0.2) is 0 Å². The highest BCUT2D eigenvalue weighted by Crippen LogP contribution is 2.30. The summed E-state index contributed by atoms with van der Waals surface area (Å²) in [6.45, 7) is 0.598. The Kier molecular flexibility index (Phi) is 3.91. The van der Waals surface area contributed by atoms with Crippen LogP contribution in [0.4, 0.5) is 0 Å². The normalized spacial score (nSPS) is 11.1. The van der Waals surface area contributed by atoms with Crippen LogP contribution in [-0.2, 0) is 6.42 Å². The molecule has 0 atom stereocenters. The Morgan fingerprint density at radius 2 is 2.10 bits per heavy atom. The molecule has 6 heteroatoms. The van der Waals surface area contributed by atoms with Crippen LogP contribution in [0.15, 0.2) is 52.6 Å². The maximum atomic E-state index is 6.25. The fraction of sp³-hybridized carbons (Fsp3) is 0.143. The Hall–Kier alpha value is -1.56. The van der Waals surface area contributed by atoms with E-state index in [9.17, 15) is 0 Å². The predicted octanol–water partition coefficient (Wildman–Crippen LogP) is 3.04. The predicted molar refractivity (Wildman–Crippen MR) is 81.3 cm³/mol. The van der Waals surface area contributed by atoms with Gasteiger partial charge in [0.15, 0.2) is 10.8 Å². The van der Waals surface area contributed by atoms with Gasteiger partial charge in [0.2, 0.25) is 0 Å². The first kappa shape index (κ1) is 13.4. The molecule has 0 saturated carbocycles. The van der Waals surface area contributed by atoms with Crippen molar-refractivity contribution in [1.29, 1.82) is 0 Å². The van der Waals surface area contributed by atoms with Gasteiger partial charge in [-0.3, -0.25) is 4.40 Å². The zero-order valence-electron chi connectivity index (χ0n) is 10.7. The van der Waals surface area contributed by atoms with Crippen LogP contribution < -0.4 is 5.73 Å². The fourth-order valence-electron chi connectivity index (χ4n) is 1.94. The molecule has 0 amide bonds. The molecule has 0 aliphatic carbocycles. The monoisotopic (exact) mass is 304 g/mol. The third kappa shape index (κ3) is 2.65. The molecule has 0 fully saturated rings. The third-order valence-electron chi connectivity index (χ3n) is 2.93. The van der Waals surface area contributed by atoms with Gasteiger partial charge in [0.25, 0.3) is 0 Å². The van der Waals surface area contributed by atoms with Crippen molar-refractivity contribution in [2.24, 2.45) is 5.73 Å². The van der Waals surface area contributed by atoms with Crippen LogP contribution in [0.5, 0.6) is 0 Å². The summed E-state index contributed by atoms with van der Waals surface area (Å²) in [5.74, 6) is 0. The molecule has 0 spiro atoms. The Morgan fingerprint density at radius 1 is 1.20 bits per heavy atom. The number of fused-ring (bicyclic) bond motifs is 1. The molecular formula is C14H13ClN4S. The van der Waals surface area contributed by atoms with Crippen molar-refractivity contribution in [3.8, 4) is 0 Å². The van der Waals surface area contributed by atoms with Crippen LogP contribution in [0, 0.1) is 0 Å². The van der Waals surface area contributed by atoms with Crippen LogP contribution in [0.2, 0.25) is 5.02 Å². The lowest BCUT2D eigenvalue weighted by Crippen LogP contribution is -2.03. The lowest BCUT2D eigenvalue weighted by atomic mass is 10.1. The van der Waals surface area contributed by atoms with E-state index in [4.69, 9.17) is 17.3 Å². The van der Waals surface area contributed by atoms with Crippen LogP contribution >= 0.6 is 23.4 Å². The number of pyridine rings is 1. The van der Waals surface area contributed by atoms with Crippen molar-refractivity contribution in [2.45, 2.75) is 16.5 Å². The molecule has 3 rings (SSSR count). The highest BCUT2D eigenvalue weighted by molar-refractivity contribution is 7.99. The quantitative estimate of drug-likeness (QED) is 0.805. The van der Waals surface area contributed by atoms with Crippen LogP contribution in [0.3, 0.4) is 0 Å². The van der Waals surface area contributed by atoms with Crippen molar-refractivity contribution >= 4 is 29.0 Å². The summed E-state index contributed by atoms with van der Waals surface area (Å²) in [5, 5.41) is 9.89. The molecule has 2 aromatic heterocycles. The van der Waals surface area contributed by atoms with E-state index < -0.39 is 0 Å². The number of halogens is 1. The first-order valence-electron chi connectivity index (χ1n) is 6.24. The van der Waals surface area contributed by atoms with E-state index in [1.807, 2.05) is 47.0 Å². The van der Waals surface area contributed by atoms with E-state index in [-0.39, 0.29) is 0 Å². The molecule has 2 N–H and O–H groups in total. The SMILES string of the molecule is NCCc1ccc(Sc2nnc3ccccn23)cc1Cl. The molecule has 0 radical (unpaired) electrons. The average Bonchev–Trinajstić information content (AvgIpc) is 2.86. The van der Waals surface area contributed by atoms with Crippen LogP contribution in [-0.4, -0.2) is 21.1 Å². The minimum absolute atomic E-state index is 0.598. The number of hydrogen-bond donors (Lipinski definition) is 1. The largest absolute Gasteiger partial charge is 0.330 e. The maximum Gasteiger partial charge on any atom is 0.200 e. The molecule has 1 aromatic carbocycles. The Morgan fingerprint density at radius 3 is 2.90 bits per heavy atom. The van der Waals surface area contributed by atoms with Crippen molar-refractivity contribution < 1.29 is 0 Å². The molecule has 20 heavy (non-hydrogen) atoms. The van der Waals surface area contributed by atoms with Crippen LogP contribution in [0.25, 0.3) is 5.65 Å². The molecule has 0 saturated heterocycles. The molecule has 102 valence electrons. The summed E-state index contributed by atoms with van der Waals surface area (Å²) in [4.78, 5) is 1.04. The minimum Gasteiger partial charge on any atom is -0.330 e. The first-order valence-corrected chi connectivity index (χ1v) is 7.43. The highest BCUT2D eigenvalue weighted by Gasteiger charge is 2.08. The lowest BCUT2D eigenvalue weighted by Gasteiger charge is -2.05. The topological polar surface area (TPSA) is 56.2 Å². The van der Waals surface area contributed by atoms with E-state index in [0.717, 1.165) is 32.7 Å². The summed E-state index contributed by atoms with van der Waals surface area (Å²) >= 11 is 7.79. The van der Waals surface area contributed by atoms with E-state index in [2.05, 4.69) is 10.2 Å². The van der Waals surface area contributed by atoms with Gasteiger partial charge in [0.05, 0.1) is 0 Å². The Labute approximate surface area is 126 Å². The second kappa shape index (κ2) is 5.83. The Bertz CT molecular complexity index is 741.